The van der Waals surface area contributed by atoms with Crippen molar-refractivity contribution in [3.05, 3.63) is 23.3 Å². The van der Waals surface area contributed by atoms with E-state index in [4.69, 9.17) is 0 Å². The van der Waals surface area contributed by atoms with Crippen LogP contribution in [-0.2, 0) is 0 Å². The molecule has 3 nitrogen and oxygen atoms in total. The first-order chi connectivity index (χ1) is 15.5. The van der Waals surface area contributed by atoms with Gasteiger partial charge in [-0.05, 0) is 89.1 Å². The second kappa shape index (κ2) is 11.4. The van der Waals surface area contributed by atoms with E-state index in [-0.39, 0.29) is 0 Å². The number of likely N-dealkylation sites (tertiary alicyclic amines) is 1. The van der Waals surface area contributed by atoms with Gasteiger partial charge in [0, 0.05) is 44.8 Å². The molecule has 3 aliphatic rings. The summed E-state index contributed by atoms with van der Waals surface area (Å²) >= 11 is 0. The van der Waals surface area contributed by atoms with Crippen molar-refractivity contribution in [3.8, 4) is 0 Å². The van der Waals surface area contributed by atoms with Crippen LogP contribution >= 0.6 is 0 Å². The standard InChI is InChI=1S/C30H55N3/c1-22(2)29-13-17-33(24(5)6)20-27(29)10-14-31-15-12-28(21-31)30(8,9)18-25(7)26-11-16-32(19-26)23(3)4/h11,13,22-25,27-28H,10,12,14-21H2,1-9H3. The van der Waals surface area contributed by atoms with Gasteiger partial charge in [-0.3, -0.25) is 9.80 Å². The van der Waals surface area contributed by atoms with Crippen LogP contribution in [0.1, 0.15) is 81.6 Å². The number of rotatable bonds is 10. The molecule has 1 saturated heterocycles. The molecule has 0 amide bonds. The Morgan fingerprint density at radius 3 is 2.18 bits per heavy atom. The Balaban J connectivity index is 1.50. The third kappa shape index (κ3) is 6.95. The largest absolute Gasteiger partial charge is 0.303 e. The molecule has 1 fully saturated rings. The van der Waals surface area contributed by atoms with Crippen molar-refractivity contribution >= 4 is 0 Å². The first-order valence-corrected chi connectivity index (χ1v) is 14.1. The maximum absolute atomic E-state index is 2.79. The topological polar surface area (TPSA) is 9.72 Å². The SMILES string of the molecule is CC(C)C1=CCN(C(C)C)CC1CCN1CCC(C(C)(C)CC(C)C2=CCN(C(C)C)C2)C1. The molecule has 190 valence electrons. The Hall–Kier alpha value is -0.640. The van der Waals surface area contributed by atoms with Crippen molar-refractivity contribution in [2.75, 3.05) is 45.8 Å². The fourth-order valence-electron chi connectivity index (χ4n) is 6.69. The van der Waals surface area contributed by atoms with E-state index in [0.717, 1.165) is 24.9 Å². The maximum Gasteiger partial charge on any atom is 0.0202 e. The van der Waals surface area contributed by atoms with E-state index in [1.54, 1.807) is 11.1 Å². The summed E-state index contributed by atoms with van der Waals surface area (Å²) in [5.41, 5.74) is 3.83. The summed E-state index contributed by atoms with van der Waals surface area (Å²) in [4.78, 5) is 8.05. The van der Waals surface area contributed by atoms with Crippen LogP contribution < -0.4 is 0 Å². The lowest BCUT2D eigenvalue weighted by molar-refractivity contribution is 0.162. The summed E-state index contributed by atoms with van der Waals surface area (Å²) in [5, 5.41) is 0. The minimum absolute atomic E-state index is 0.419. The van der Waals surface area contributed by atoms with Crippen molar-refractivity contribution in [1.29, 1.82) is 0 Å². The lowest BCUT2D eigenvalue weighted by Crippen LogP contribution is -2.41. The Kier molecular flexibility index (Phi) is 9.31. The zero-order valence-corrected chi connectivity index (χ0v) is 23.5. The molecule has 3 atom stereocenters. The predicted molar refractivity (Wildman–Crippen MR) is 145 cm³/mol. The quantitative estimate of drug-likeness (QED) is 0.355. The fraction of sp³-hybridized carbons (Fsp3) is 0.867. The van der Waals surface area contributed by atoms with Crippen molar-refractivity contribution in [3.63, 3.8) is 0 Å². The molecular formula is C30H55N3. The Morgan fingerprint density at radius 2 is 1.58 bits per heavy atom. The van der Waals surface area contributed by atoms with Gasteiger partial charge in [-0.1, -0.05) is 57.9 Å². The average molecular weight is 458 g/mol. The molecule has 3 heterocycles. The van der Waals surface area contributed by atoms with Gasteiger partial charge in [0.05, 0.1) is 0 Å². The van der Waals surface area contributed by atoms with Gasteiger partial charge in [0.2, 0.25) is 0 Å². The minimum Gasteiger partial charge on any atom is -0.303 e. The van der Waals surface area contributed by atoms with Gasteiger partial charge in [-0.15, -0.1) is 0 Å². The lowest BCUT2D eigenvalue weighted by atomic mass is 9.71. The first kappa shape index (κ1) is 27.0. The van der Waals surface area contributed by atoms with Crippen LogP contribution in [0.3, 0.4) is 0 Å². The molecule has 3 aliphatic heterocycles. The summed E-state index contributed by atoms with van der Waals surface area (Å²) < 4.78 is 0. The second-order valence-electron chi connectivity index (χ2n) is 13.1. The third-order valence-corrected chi connectivity index (χ3v) is 9.23. The number of nitrogens with zero attached hydrogens (tertiary/aromatic N) is 3. The van der Waals surface area contributed by atoms with Gasteiger partial charge < -0.3 is 4.90 Å². The molecule has 0 aromatic carbocycles. The molecule has 3 unspecified atom stereocenters. The maximum atomic E-state index is 2.79. The third-order valence-electron chi connectivity index (χ3n) is 9.23. The molecule has 33 heavy (non-hydrogen) atoms. The predicted octanol–water partition coefficient (Wildman–Crippen LogP) is 6.32. The monoisotopic (exact) mass is 457 g/mol. The van der Waals surface area contributed by atoms with E-state index in [1.165, 1.54) is 52.0 Å². The Bertz CT molecular complexity index is 687. The van der Waals surface area contributed by atoms with E-state index in [2.05, 4.69) is 89.2 Å². The lowest BCUT2D eigenvalue weighted by Gasteiger charge is -2.38. The molecule has 0 spiro atoms. The highest BCUT2D eigenvalue weighted by molar-refractivity contribution is 5.16. The van der Waals surface area contributed by atoms with Crippen molar-refractivity contribution < 1.29 is 0 Å². The molecule has 0 saturated carbocycles. The van der Waals surface area contributed by atoms with E-state index in [0.29, 0.717) is 29.3 Å². The van der Waals surface area contributed by atoms with Gasteiger partial charge in [0.15, 0.2) is 0 Å². The van der Waals surface area contributed by atoms with Crippen molar-refractivity contribution in [2.24, 2.45) is 29.1 Å². The highest BCUT2D eigenvalue weighted by Crippen LogP contribution is 2.41. The van der Waals surface area contributed by atoms with Crippen LogP contribution in [0.25, 0.3) is 0 Å². The van der Waals surface area contributed by atoms with Gasteiger partial charge in [0.1, 0.15) is 0 Å². The second-order valence-corrected chi connectivity index (χ2v) is 13.1. The molecule has 0 aliphatic carbocycles. The van der Waals surface area contributed by atoms with Gasteiger partial charge in [-0.25, -0.2) is 0 Å². The van der Waals surface area contributed by atoms with Crippen LogP contribution in [-0.4, -0.2) is 72.6 Å². The molecule has 0 aromatic rings. The van der Waals surface area contributed by atoms with Crippen LogP contribution in [0.2, 0.25) is 0 Å². The highest BCUT2D eigenvalue weighted by atomic mass is 15.2. The Morgan fingerprint density at radius 1 is 0.909 bits per heavy atom. The summed E-state index contributed by atoms with van der Waals surface area (Å²) in [6, 6.07) is 1.31. The Labute approximate surface area is 206 Å². The molecule has 3 rings (SSSR count). The molecule has 3 heteroatoms. The van der Waals surface area contributed by atoms with E-state index >= 15 is 0 Å². The zero-order chi connectivity index (χ0) is 24.3. The number of hydrogen-bond acceptors (Lipinski definition) is 3. The molecule has 0 bridgehead atoms. The van der Waals surface area contributed by atoms with Crippen LogP contribution in [0.5, 0.6) is 0 Å². The normalized spacial score (nSPS) is 27.2. The number of hydrogen-bond donors (Lipinski definition) is 0. The fourth-order valence-corrected chi connectivity index (χ4v) is 6.69. The van der Waals surface area contributed by atoms with Crippen molar-refractivity contribution in [2.45, 2.75) is 93.7 Å². The molecule has 0 N–H and O–H groups in total. The van der Waals surface area contributed by atoms with E-state index in [1.807, 2.05) is 0 Å². The average Bonchev–Trinajstić information content (AvgIpc) is 3.42. The summed E-state index contributed by atoms with van der Waals surface area (Å²) in [7, 11) is 0. The smallest absolute Gasteiger partial charge is 0.0202 e. The van der Waals surface area contributed by atoms with Gasteiger partial charge >= 0.3 is 0 Å². The van der Waals surface area contributed by atoms with Crippen LogP contribution in [0, 0.1) is 29.1 Å². The van der Waals surface area contributed by atoms with E-state index in [9.17, 15) is 0 Å². The zero-order valence-electron chi connectivity index (χ0n) is 23.5. The molecule has 0 radical (unpaired) electrons. The molecular weight excluding hydrogens is 402 g/mol. The minimum atomic E-state index is 0.419. The van der Waals surface area contributed by atoms with Gasteiger partial charge in [0.25, 0.3) is 0 Å². The van der Waals surface area contributed by atoms with E-state index < -0.39 is 0 Å². The summed E-state index contributed by atoms with van der Waals surface area (Å²) in [6.45, 7) is 30.3. The first-order valence-electron chi connectivity index (χ1n) is 14.1. The molecule has 0 aromatic heterocycles. The van der Waals surface area contributed by atoms with Gasteiger partial charge in [-0.2, -0.15) is 0 Å². The summed E-state index contributed by atoms with van der Waals surface area (Å²) in [6.07, 6.45) is 9.11. The van der Waals surface area contributed by atoms with Crippen molar-refractivity contribution in [1.82, 2.24) is 14.7 Å². The van der Waals surface area contributed by atoms with Crippen LogP contribution in [0.15, 0.2) is 23.3 Å². The summed E-state index contributed by atoms with van der Waals surface area (Å²) in [5.74, 6) is 2.97. The highest BCUT2D eigenvalue weighted by Gasteiger charge is 2.37. The van der Waals surface area contributed by atoms with Crippen LogP contribution in [0.4, 0.5) is 0 Å².